The van der Waals surface area contributed by atoms with Crippen LogP contribution in [0.1, 0.15) is 13.3 Å². The first-order chi connectivity index (χ1) is 10.2. The van der Waals surface area contributed by atoms with Gasteiger partial charge in [0.2, 0.25) is 5.95 Å². The van der Waals surface area contributed by atoms with E-state index in [1.165, 1.54) is 0 Å². The number of anilines is 1. The number of imidazole rings is 1. The Kier molecular flexibility index (Phi) is 3.71. The maximum Gasteiger partial charge on any atom is 0.205 e. The Bertz CT molecular complexity index is 765. The molecular weight excluding hydrogens is 286 g/mol. The Morgan fingerprint density at radius 2 is 1.95 bits per heavy atom. The van der Waals surface area contributed by atoms with Gasteiger partial charge in [0.05, 0.1) is 17.1 Å². The van der Waals surface area contributed by atoms with Crippen LogP contribution in [0.4, 0.5) is 5.95 Å². The number of fused-ring (bicyclic) bond motifs is 1. The molecule has 0 amide bonds. The van der Waals surface area contributed by atoms with E-state index < -0.39 is 0 Å². The van der Waals surface area contributed by atoms with Gasteiger partial charge in [-0.15, -0.1) is 0 Å². The summed E-state index contributed by atoms with van der Waals surface area (Å²) in [6.07, 6.45) is 0.985. The zero-order chi connectivity index (χ0) is 14.8. The van der Waals surface area contributed by atoms with Gasteiger partial charge in [-0.25, -0.2) is 4.98 Å². The van der Waals surface area contributed by atoms with Crippen LogP contribution in [0, 0.1) is 0 Å². The summed E-state index contributed by atoms with van der Waals surface area (Å²) in [6, 6.07) is 13.4. The maximum absolute atomic E-state index is 6.16. The Balaban J connectivity index is 2.04. The van der Waals surface area contributed by atoms with Crippen molar-refractivity contribution in [2.75, 3.05) is 12.3 Å². The molecule has 2 N–H and O–H groups in total. The zero-order valence-corrected chi connectivity index (χ0v) is 12.5. The number of hydrogen-bond acceptors (Lipinski definition) is 3. The highest BCUT2D eigenvalue weighted by Gasteiger charge is 2.12. The number of halogens is 1. The lowest BCUT2D eigenvalue weighted by molar-refractivity contribution is 0.317. The van der Waals surface area contributed by atoms with E-state index in [4.69, 9.17) is 22.1 Å². The molecule has 0 aliphatic heterocycles. The molecule has 0 radical (unpaired) electrons. The molecule has 0 fully saturated rings. The Morgan fingerprint density at radius 3 is 2.67 bits per heavy atom. The van der Waals surface area contributed by atoms with Gasteiger partial charge in [-0.05, 0) is 42.8 Å². The van der Waals surface area contributed by atoms with Crippen molar-refractivity contribution in [1.29, 1.82) is 0 Å². The van der Waals surface area contributed by atoms with E-state index in [0.29, 0.717) is 23.1 Å². The first-order valence-electron chi connectivity index (χ1n) is 6.86. The highest BCUT2D eigenvalue weighted by atomic mass is 35.5. The minimum atomic E-state index is 0.417. The van der Waals surface area contributed by atoms with Gasteiger partial charge in [-0.3, -0.25) is 4.57 Å². The molecule has 21 heavy (non-hydrogen) atoms. The molecule has 1 heterocycles. The molecule has 0 saturated carbocycles. The van der Waals surface area contributed by atoms with Crippen molar-refractivity contribution in [3.63, 3.8) is 0 Å². The number of nitrogen functional groups attached to an aromatic ring is 1. The molecule has 0 bridgehead atoms. The first-order valence-corrected chi connectivity index (χ1v) is 7.24. The van der Waals surface area contributed by atoms with E-state index in [1.807, 2.05) is 47.0 Å². The number of hydrogen-bond donors (Lipinski definition) is 1. The molecule has 0 atom stereocenters. The normalized spacial score (nSPS) is 11.0. The summed E-state index contributed by atoms with van der Waals surface area (Å²) in [6.45, 7) is 2.79. The Labute approximate surface area is 128 Å². The van der Waals surface area contributed by atoms with E-state index in [0.717, 1.165) is 23.4 Å². The summed E-state index contributed by atoms with van der Waals surface area (Å²) < 4.78 is 7.47. The van der Waals surface area contributed by atoms with Crippen LogP contribution in [0.2, 0.25) is 5.02 Å². The minimum absolute atomic E-state index is 0.417. The van der Waals surface area contributed by atoms with Gasteiger partial charge in [0.25, 0.3) is 0 Å². The van der Waals surface area contributed by atoms with Crippen LogP contribution in [0.5, 0.6) is 5.75 Å². The van der Waals surface area contributed by atoms with Crippen molar-refractivity contribution < 1.29 is 4.74 Å². The van der Waals surface area contributed by atoms with Gasteiger partial charge in [-0.2, -0.15) is 0 Å². The molecule has 3 aromatic rings. The SMILES string of the molecule is CCCOc1ccc(-n2c(N)nc3c(Cl)cccc32)cc1. The predicted octanol–water partition coefficient (Wildman–Crippen LogP) is 4.05. The van der Waals surface area contributed by atoms with Gasteiger partial charge < -0.3 is 10.5 Å². The average Bonchev–Trinajstić information content (AvgIpc) is 2.83. The second-order valence-corrected chi connectivity index (χ2v) is 5.16. The molecule has 1 aromatic heterocycles. The fourth-order valence-electron chi connectivity index (χ4n) is 2.27. The molecule has 0 unspecified atom stereocenters. The molecule has 4 nitrogen and oxygen atoms in total. The van der Waals surface area contributed by atoms with Crippen molar-refractivity contribution in [3.8, 4) is 11.4 Å². The minimum Gasteiger partial charge on any atom is -0.494 e. The zero-order valence-electron chi connectivity index (χ0n) is 11.7. The number of benzene rings is 2. The lowest BCUT2D eigenvalue weighted by atomic mass is 10.2. The summed E-state index contributed by atoms with van der Waals surface area (Å²) in [5, 5.41) is 0.598. The van der Waals surface area contributed by atoms with Gasteiger partial charge in [0.15, 0.2) is 0 Å². The molecule has 108 valence electrons. The number of ether oxygens (including phenoxy) is 1. The maximum atomic E-state index is 6.16. The standard InChI is InChI=1S/C16H16ClN3O/c1-2-10-21-12-8-6-11(7-9-12)20-14-5-3-4-13(17)15(14)19-16(20)18/h3-9H,2,10H2,1H3,(H2,18,19). The average molecular weight is 302 g/mol. The van der Waals surface area contributed by atoms with E-state index in [9.17, 15) is 0 Å². The van der Waals surface area contributed by atoms with Crippen molar-refractivity contribution in [2.45, 2.75) is 13.3 Å². The number of para-hydroxylation sites is 1. The van der Waals surface area contributed by atoms with E-state index in [2.05, 4.69) is 11.9 Å². The van der Waals surface area contributed by atoms with Gasteiger partial charge in [-0.1, -0.05) is 24.6 Å². The Morgan fingerprint density at radius 1 is 1.19 bits per heavy atom. The molecular formula is C16H16ClN3O. The summed E-state index contributed by atoms with van der Waals surface area (Å²) in [7, 11) is 0. The van der Waals surface area contributed by atoms with Crippen LogP contribution in [-0.4, -0.2) is 16.2 Å². The lowest BCUT2D eigenvalue weighted by Gasteiger charge is -2.09. The molecule has 3 rings (SSSR count). The van der Waals surface area contributed by atoms with Crippen LogP contribution >= 0.6 is 11.6 Å². The topological polar surface area (TPSA) is 53.1 Å². The second-order valence-electron chi connectivity index (χ2n) is 4.76. The monoisotopic (exact) mass is 301 g/mol. The smallest absolute Gasteiger partial charge is 0.205 e. The van der Waals surface area contributed by atoms with Crippen molar-refractivity contribution in [1.82, 2.24) is 9.55 Å². The third-order valence-corrected chi connectivity index (χ3v) is 3.53. The fraction of sp³-hybridized carbons (Fsp3) is 0.188. The largest absolute Gasteiger partial charge is 0.494 e. The van der Waals surface area contributed by atoms with Crippen molar-refractivity contribution >= 4 is 28.6 Å². The fourth-order valence-corrected chi connectivity index (χ4v) is 2.48. The van der Waals surface area contributed by atoms with Crippen LogP contribution in [0.3, 0.4) is 0 Å². The van der Waals surface area contributed by atoms with Gasteiger partial charge in [0.1, 0.15) is 11.3 Å². The van der Waals surface area contributed by atoms with Crippen LogP contribution in [0.25, 0.3) is 16.7 Å². The van der Waals surface area contributed by atoms with E-state index in [-0.39, 0.29) is 0 Å². The summed E-state index contributed by atoms with van der Waals surface area (Å²) in [5.74, 6) is 1.27. The number of rotatable bonds is 4. The highest BCUT2D eigenvalue weighted by Crippen LogP contribution is 2.28. The van der Waals surface area contributed by atoms with Crippen LogP contribution < -0.4 is 10.5 Å². The van der Waals surface area contributed by atoms with E-state index in [1.54, 1.807) is 0 Å². The molecule has 0 saturated heterocycles. The quantitative estimate of drug-likeness (QED) is 0.791. The van der Waals surface area contributed by atoms with Crippen molar-refractivity contribution in [3.05, 3.63) is 47.5 Å². The summed E-state index contributed by atoms with van der Waals surface area (Å²) in [5.41, 5.74) is 8.57. The van der Waals surface area contributed by atoms with Crippen molar-refractivity contribution in [2.24, 2.45) is 0 Å². The number of aromatic nitrogens is 2. The number of nitrogens with two attached hydrogens (primary N) is 1. The molecule has 0 aliphatic carbocycles. The summed E-state index contributed by atoms with van der Waals surface area (Å²) in [4.78, 5) is 4.34. The van der Waals surface area contributed by atoms with E-state index >= 15 is 0 Å². The summed E-state index contributed by atoms with van der Waals surface area (Å²) >= 11 is 6.16. The van der Waals surface area contributed by atoms with Crippen LogP contribution in [-0.2, 0) is 0 Å². The van der Waals surface area contributed by atoms with Gasteiger partial charge >= 0.3 is 0 Å². The third kappa shape index (κ3) is 2.54. The Hall–Kier alpha value is -2.20. The second kappa shape index (κ2) is 5.66. The van der Waals surface area contributed by atoms with Gasteiger partial charge in [0, 0.05) is 5.69 Å². The first kappa shape index (κ1) is 13.8. The third-order valence-electron chi connectivity index (χ3n) is 3.23. The van der Waals surface area contributed by atoms with Crippen LogP contribution in [0.15, 0.2) is 42.5 Å². The number of nitrogens with zero attached hydrogens (tertiary/aromatic N) is 2. The molecule has 0 aliphatic rings. The lowest BCUT2D eigenvalue weighted by Crippen LogP contribution is -2.01. The predicted molar refractivity (Wildman–Crippen MR) is 86.3 cm³/mol. The molecule has 2 aromatic carbocycles. The molecule has 5 heteroatoms. The molecule has 0 spiro atoms. The highest BCUT2D eigenvalue weighted by molar-refractivity contribution is 6.35.